The number of carbonyl (C=O) groups excluding carboxylic acids is 1. The first-order valence-electron chi connectivity index (χ1n) is 8.26. The van der Waals surface area contributed by atoms with Crippen LogP contribution in [0.5, 0.6) is 0 Å². The van der Waals surface area contributed by atoms with Crippen molar-refractivity contribution in [3.63, 3.8) is 0 Å². The minimum Gasteiger partial charge on any atom is -0.378 e. The number of rotatable bonds is 5. The molecule has 26 heavy (non-hydrogen) atoms. The van der Waals surface area contributed by atoms with Crippen LogP contribution < -0.4 is 10.3 Å². The first-order valence-corrected chi connectivity index (χ1v) is 8.26. The molecule has 0 bridgehead atoms. The van der Waals surface area contributed by atoms with E-state index in [1.807, 2.05) is 74.4 Å². The van der Waals surface area contributed by atoms with Crippen LogP contribution in [0.2, 0.25) is 0 Å². The molecular formula is C20H21N5O. The van der Waals surface area contributed by atoms with Crippen molar-refractivity contribution in [2.24, 2.45) is 5.10 Å². The van der Waals surface area contributed by atoms with Crippen molar-refractivity contribution in [1.29, 1.82) is 0 Å². The summed E-state index contributed by atoms with van der Waals surface area (Å²) in [5, 5.41) is 10.9. The number of anilines is 1. The lowest BCUT2D eigenvalue weighted by atomic mass is 10.1. The third-order valence-electron chi connectivity index (χ3n) is 3.96. The Bertz CT molecular complexity index is 908. The molecule has 0 aliphatic heterocycles. The number of amides is 1. The van der Waals surface area contributed by atoms with Gasteiger partial charge in [-0.1, -0.05) is 42.0 Å². The van der Waals surface area contributed by atoms with Crippen LogP contribution in [0.1, 0.15) is 21.6 Å². The molecule has 6 heteroatoms. The van der Waals surface area contributed by atoms with Crippen molar-refractivity contribution in [1.82, 2.24) is 15.6 Å². The van der Waals surface area contributed by atoms with Crippen LogP contribution in [-0.2, 0) is 0 Å². The van der Waals surface area contributed by atoms with Crippen LogP contribution in [0.25, 0.3) is 11.3 Å². The zero-order chi connectivity index (χ0) is 18.5. The third-order valence-corrected chi connectivity index (χ3v) is 3.96. The van der Waals surface area contributed by atoms with E-state index < -0.39 is 0 Å². The maximum Gasteiger partial charge on any atom is 0.289 e. The fraction of sp³-hybridized carbons (Fsp3) is 0.150. The van der Waals surface area contributed by atoms with Gasteiger partial charge in [0, 0.05) is 25.3 Å². The Balaban J connectivity index is 1.62. The van der Waals surface area contributed by atoms with Gasteiger partial charge in [0.1, 0.15) is 5.69 Å². The fourth-order valence-corrected chi connectivity index (χ4v) is 2.39. The molecule has 0 atom stereocenters. The van der Waals surface area contributed by atoms with Crippen LogP contribution in [0.15, 0.2) is 59.7 Å². The summed E-state index contributed by atoms with van der Waals surface area (Å²) in [5.74, 6) is -0.336. The summed E-state index contributed by atoms with van der Waals surface area (Å²) in [7, 11) is 3.97. The van der Waals surface area contributed by atoms with Gasteiger partial charge in [-0.15, -0.1) is 0 Å². The second kappa shape index (κ2) is 7.65. The number of aromatic amines is 1. The lowest BCUT2D eigenvalue weighted by molar-refractivity contribution is 0.0950. The van der Waals surface area contributed by atoms with Gasteiger partial charge in [0.15, 0.2) is 0 Å². The number of carbonyl (C=O) groups is 1. The van der Waals surface area contributed by atoms with Gasteiger partial charge >= 0.3 is 0 Å². The van der Waals surface area contributed by atoms with Crippen LogP contribution >= 0.6 is 0 Å². The Morgan fingerprint density at radius 3 is 2.46 bits per heavy atom. The lowest BCUT2D eigenvalue weighted by Gasteiger charge is -2.11. The zero-order valence-corrected chi connectivity index (χ0v) is 15.0. The van der Waals surface area contributed by atoms with Gasteiger partial charge in [0.05, 0.1) is 11.9 Å². The van der Waals surface area contributed by atoms with Crippen molar-refractivity contribution in [3.05, 3.63) is 71.4 Å². The first-order chi connectivity index (χ1) is 12.5. The first kappa shape index (κ1) is 17.4. The number of H-pyrrole nitrogens is 1. The normalized spacial score (nSPS) is 10.9. The van der Waals surface area contributed by atoms with E-state index in [0.717, 1.165) is 22.5 Å². The Hall–Kier alpha value is -3.41. The molecule has 0 aliphatic carbocycles. The average Bonchev–Trinajstić information content (AvgIpc) is 3.13. The summed E-state index contributed by atoms with van der Waals surface area (Å²) in [6.07, 6.45) is 1.61. The van der Waals surface area contributed by atoms with Crippen molar-refractivity contribution in [2.45, 2.75) is 6.92 Å². The van der Waals surface area contributed by atoms with Crippen LogP contribution in [0.4, 0.5) is 5.69 Å². The van der Waals surface area contributed by atoms with Gasteiger partial charge < -0.3 is 4.90 Å². The molecule has 0 spiro atoms. The van der Waals surface area contributed by atoms with Gasteiger partial charge in [-0.2, -0.15) is 10.2 Å². The molecule has 1 aromatic heterocycles. The van der Waals surface area contributed by atoms with Gasteiger partial charge in [0.2, 0.25) is 0 Å². The maximum atomic E-state index is 12.2. The Morgan fingerprint density at radius 2 is 1.81 bits per heavy atom. The zero-order valence-electron chi connectivity index (χ0n) is 15.0. The molecule has 0 radical (unpaired) electrons. The standard InChI is InChI=1S/C20H21N5O/c1-14-4-8-16(9-5-14)18-12-19(23-22-18)20(26)24-21-13-15-6-10-17(11-7-15)25(2)3/h4-13H,1-3H3,(H,22,23)(H,24,26)/b21-13-. The number of nitrogens with zero attached hydrogens (tertiary/aromatic N) is 3. The summed E-state index contributed by atoms with van der Waals surface area (Å²) in [6, 6.07) is 17.5. The monoisotopic (exact) mass is 347 g/mol. The number of hydrazone groups is 1. The van der Waals surface area contributed by atoms with Crippen molar-refractivity contribution in [2.75, 3.05) is 19.0 Å². The molecule has 2 N–H and O–H groups in total. The molecule has 1 heterocycles. The second-order valence-corrected chi connectivity index (χ2v) is 6.22. The number of aryl methyl sites for hydroxylation is 1. The predicted octanol–water partition coefficient (Wildman–Crippen LogP) is 3.22. The largest absolute Gasteiger partial charge is 0.378 e. The summed E-state index contributed by atoms with van der Waals surface area (Å²) >= 11 is 0. The predicted molar refractivity (Wildman–Crippen MR) is 105 cm³/mol. The van der Waals surface area contributed by atoms with Gasteiger partial charge in [-0.3, -0.25) is 9.89 Å². The molecule has 0 saturated heterocycles. The molecule has 3 rings (SSSR count). The van der Waals surface area contributed by atoms with Gasteiger partial charge in [0.25, 0.3) is 5.91 Å². The molecule has 0 unspecified atom stereocenters. The highest BCUT2D eigenvalue weighted by atomic mass is 16.2. The minimum atomic E-state index is -0.336. The smallest absolute Gasteiger partial charge is 0.289 e. The van der Waals surface area contributed by atoms with Crippen LogP contribution in [0, 0.1) is 6.92 Å². The SMILES string of the molecule is Cc1ccc(-c2cc(C(=O)N/N=C\c3ccc(N(C)C)cc3)[nH]n2)cc1. The second-order valence-electron chi connectivity index (χ2n) is 6.22. The molecule has 0 aliphatic rings. The molecule has 6 nitrogen and oxygen atoms in total. The quantitative estimate of drug-likeness (QED) is 0.550. The maximum absolute atomic E-state index is 12.2. The van der Waals surface area contributed by atoms with Gasteiger partial charge in [-0.05, 0) is 30.7 Å². The van der Waals surface area contributed by atoms with Crippen LogP contribution in [-0.4, -0.2) is 36.4 Å². The number of hydrogen-bond acceptors (Lipinski definition) is 4. The number of aromatic nitrogens is 2. The van der Waals surface area contributed by atoms with E-state index >= 15 is 0 Å². The van der Waals surface area contributed by atoms with E-state index in [9.17, 15) is 4.79 Å². The summed E-state index contributed by atoms with van der Waals surface area (Å²) in [4.78, 5) is 14.2. The molecule has 0 fully saturated rings. The van der Waals surface area contributed by atoms with Crippen molar-refractivity contribution < 1.29 is 4.79 Å². The van der Waals surface area contributed by atoms with E-state index in [1.165, 1.54) is 5.56 Å². The number of nitrogens with one attached hydrogen (secondary N) is 2. The Kier molecular flexibility index (Phi) is 5.12. The van der Waals surface area contributed by atoms with E-state index in [2.05, 4.69) is 20.7 Å². The Morgan fingerprint density at radius 1 is 1.12 bits per heavy atom. The summed E-state index contributed by atoms with van der Waals surface area (Å²) < 4.78 is 0. The topological polar surface area (TPSA) is 73.4 Å². The molecule has 2 aromatic carbocycles. The van der Waals surface area contributed by atoms with E-state index in [4.69, 9.17) is 0 Å². The summed E-state index contributed by atoms with van der Waals surface area (Å²) in [6.45, 7) is 2.03. The molecule has 3 aromatic rings. The van der Waals surface area contributed by atoms with Gasteiger partial charge in [-0.25, -0.2) is 5.43 Å². The highest BCUT2D eigenvalue weighted by Gasteiger charge is 2.10. The third kappa shape index (κ3) is 4.16. The number of benzene rings is 2. The fourth-order valence-electron chi connectivity index (χ4n) is 2.39. The molecular weight excluding hydrogens is 326 g/mol. The lowest BCUT2D eigenvalue weighted by Crippen LogP contribution is -2.18. The highest BCUT2D eigenvalue weighted by Crippen LogP contribution is 2.18. The van der Waals surface area contributed by atoms with E-state index in [-0.39, 0.29) is 5.91 Å². The van der Waals surface area contributed by atoms with Crippen LogP contribution in [0.3, 0.4) is 0 Å². The highest BCUT2D eigenvalue weighted by molar-refractivity contribution is 5.94. The molecule has 1 amide bonds. The average molecular weight is 347 g/mol. The van der Waals surface area contributed by atoms with E-state index in [1.54, 1.807) is 12.3 Å². The Labute approximate surface area is 152 Å². The summed E-state index contributed by atoms with van der Waals surface area (Å²) in [5.41, 5.74) is 7.73. The molecule has 132 valence electrons. The van der Waals surface area contributed by atoms with Crippen molar-refractivity contribution >= 4 is 17.8 Å². The van der Waals surface area contributed by atoms with E-state index in [0.29, 0.717) is 5.69 Å². The number of hydrogen-bond donors (Lipinski definition) is 2. The van der Waals surface area contributed by atoms with Crippen molar-refractivity contribution in [3.8, 4) is 11.3 Å². The minimum absolute atomic E-state index is 0.336. The molecule has 0 saturated carbocycles.